The summed E-state index contributed by atoms with van der Waals surface area (Å²) in [6.45, 7) is 0.291. The van der Waals surface area contributed by atoms with Crippen LogP contribution < -0.4 is 0 Å². The quantitative estimate of drug-likeness (QED) is 0.488. The van der Waals surface area contributed by atoms with Crippen LogP contribution in [0.2, 0.25) is 0 Å². The summed E-state index contributed by atoms with van der Waals surface area (Å²) >= 11 is 2.56. The molecule has 1 unspecified atom stereocenters. The highest BCUT2D eigenvalue weighted by atomic mass is 32.2. The fourth-order valence-corrected chi connectivity index (χ4v) is 4.89. The van der Waals surface area contributed by atoms with Crippen LogP contribution in [0.1, 0.15) is 10.4 Å². The zero-order valence-electron chi connectivity index (χ0n) is 16.5. The number of ketones is 1. The van der Waals surface area contributed by atoms with Crippen LogP contribution in [0.15, 0.2) is 60.7 Å². The Kier molecular flexibility index (Phi) is 6.56. The van der Waals surface area contributed by atoms with Crippen molar-refractivity contribution in [2.75, 3.05) is 12.3 Å². The molecule has 1 aromatic carbocycles. The first-order valence-electron chi connectivity index (χ1n) is 9.54. The van der Waals surface area contributed by atoms with Crippen molar-refractivity contribution < 1.29 is 18.4 Å². The fraction of sp³-hybridized carbons (Fsp3) is 0.190. The van der Waals surface area contributed by atoms with Crippen molar-refractivity contribution in [3.63, 3.8) is 0 Å². The van der Waals surface area contributed by atoms with Gasteiger partial charge in [0.05, 0.1) is 10.9 Å². The van der Waals surface area contributed by atoms with Gasteiger partial charge in [-0.15, -0.1) is 21.5 Å². The molecule has 1 aliphatic rings. The van der Waals surface area contributed by atoms with Crippen molar-refractivity contribution in [1.29, 1.82) is 0 Å². The molecule has 0 spiro atoms. The lowest BCUT2D eigenvalue weighted by atomic mass is 10.0. The fourth-order valence-electron chi connectivity index (χ4n) is 3.04. The summed E-state index contributed by atoms with van der Waals surface area (Å²) in [5.74, 6) is -4.03. The highest BCUT2D eigenvalue weighted by Gasteiger charge is 2.39. The van der Waals surface area contributed by atoms with E-state index in [2.05, 4.69) is 20.6 Å². The number of nitrogens with one attached hydrogen (secondary N) is 1. The van der Waals surface area contributed by atoms with Crippen LogP contribution in [-0.2, 0) is 10.7 Å². The molecule has 0 bridgehead atoms. The van der Waals surface area contributed by atoms with Gasteiger partial charge in [0.25, 0.3) is 5.24 Å². The first-order chi connectivity index (χ1) is 15.4. The predicted molar refractivity (Wildman–Crippen MR) is 119 cm³/mol. The molecule has 1 amide bonds. The third-order valence-corrected chi connectivity index (χ3v) is 6.74. The van der Waals surface area contributed by atoms with E-state index in [4.69, 9.17) is 0 Å². The molecular weight excluding hydrogens is 456 g/mol. The first kappa shape index (κ1) is 22.0. The lowest BCUT2D eigenvalue weighted by Crippen LogP contribution is -2.32. The number of carbonyl (C=O) groups excluding carboxylic acids is 2. The highest BCUT2D eigenvalue weighted by molar-refractivity contribution is 8.13. The van der Waals surface area contributed by atoms with Gasteiger partial charge in [0.2, 0.25) is 11.6 Å². The smallest absolute Gasteiger partial charge is 0.323 e. The van der Waals surface area contributed by atoms with Gasteiger partial charge < -0.3 is 4.90 Å². The van der Waals surface area contributed by atoms with Gasteiger partial charge in [0.1, 0.15) is 0 Å². The molecule has 0 radical (unpaired) electrons. The van der Waals surface area contributed by atoms with Crippen molar-refractivity contribution in [3.05, 3.63) is 71.1 Å². The normalized spacial score (nSPS) is 17.1. The van der Waals surface area contributed by atoms with E-state index in [1.54, 1.807) is 11.0 Å². The topological polar surface area (TPSA) is 91.8 Å². The molecule has 4 rings (SSSR count). The minimum atomic E-state index is -3.62. The second-order valence-corrected chi connectivity index (χ2v) is 8.89. The Hall–Kier alpha value is -3.18. The average molecular weight is 474 g/mol. The molecule has 1 fully saturated rings. The summed E-state index contributed by atoms with van der Waals surface area (Å²) in [6.07, 6.45) is 5.94. The first-order valence-corrected chi connectivity index (χ1v) is 11.3. The summed E-state index contributed by atoms with van der Waals surface area (Å²) in [4.78, 5) is 27.7. The van der Waals surface area contributed by atoms with Crippen LogP contribution in [0.4, 0.5) is 13.6 Å². The van der Waals surface area contributed by atoms with Gasteiger partial charge in [-0.25, -0.2) is 0 Å². The van der Waals surface area contributed by atoms with Gasteiger partial charge >= 0.3 is 5.92 Å². The standard InChI is InChI=1S/C21H17F2N5O2S2/c22-21(23,14-5-2-1-3-6-14)18(29)11-8-15-13-31-20(30)28(15)12-4-7-16-9-10-17(32-16)19-24-26-27-25-19/h1-11,15H,12-13H2,(H,24,25,26,27)/b7-4+,11-8+. The van der Waals surface area contributed by atoms with Crippen molar-refractivity contribution in [2.24, 2.45) is 0 Å². The van der Waals surface area contributed by atoms with Gasteiger partial charge in [0, 0.05) is 22.7 Å². The third kappa shape index (κ3) is 4.83. The van der Waals surface area contributed by atoms with Gasteiger partial charge in [-0.3, -0.25) is 9.59 Å². The summed E-state index contributed by atoms with van der Waals surface area (Å²) in [7, 11) is 0. The van der Waals surface area contributed by atoms with Crippen molar-refractivity contribution in [1.82, 2.24) is 25.5 Å². The van der Waals surface area contributed by atoms with Crippen LogP contribution in [-0.4, -0.2) is 54.9 Å². The Morgan fingerprint density at radius 2 is 2.06 bits per heavy atom. The largest absolute Gasteiger partial charge is 0.334 e. The number of hydrogen-bond acceptors (Lipinski definition) is 7. The highest BCUT2D eigenvalue weighted by Crippen LogP contribution is 2.30. The van der Waals surface area contributed by atoms with Gasteiger partial charge in [-0.2, -0.15) is 14.0 Å². The second-order valence-electron chi connectivity index (χ2n) is 6.80. The summed E-state index contributed by atoms with van der Waals surface area (Å²) < 4.78 is 28.8. The van der Waals surface area contributed by atoms with Gasteiger partial charge in [-0.05, 0) is 29.5 Å². The molecule has 0 aliphatic carbocycles. The van der Waals surface area contributed by atoms with Crippen LogP contribution >= 0.6 is 23.1 Å². The Morgan fingerprint density at radius 1 is 1.25 bits per heavy atom. The molecule has 32 heavy (non-hydrogen) atoms. The molecule has 3 aromatic rings. The molecule has 7 nitrogen and oxygen atoms in total. The maximum absolute atomic E-state index is 14.4. The van der Waals surface area contributed by atoms with Gasteiger partial charge in [-0.1, -0.05) is 54.2 Å². The molecule has 2 aromatic heterocycles. The maximum Gasteiger partial charge on any atom is 0.334 e. The Labute approximate surface area is 190 Å². The van der Waals surface area contributed by atoms with Crippen LogP contribution in [0, 0.1) is 0 Å². The summed E-state index contributed by atoms with van der Waals surface area (Å²) in [5, 5.41) is 13.6. The number of benzene rings is 1. The predicted octanol–water partition coefficient (Wildman–Crippen LogP) is 4.40. The molecule has 1 N–H and O–H groups in total. The molecule has 1 saturated heterocycles. The zero-order chi connectivity index (χ0) is 22.6. The molecule has 164 valence electrons. The monoisotopic (exact) mass is 473 g/mol. The van der Waals surface area contributed by atoms with E-state index in [1.807, 2.05) is 24.3 Å². The number of nitrogens with zero attached hydrogens (tertiary/aromatic N) is 4. The lowest BCUT2D eigenvalue weighted by molar-refractivity contribution is -0.138. The van der Waals surface area contributed by atoms with E-state index in [9.17, 15) is 18.4 Å². The number of aromatic nitrogens is 4. The molecule has 3 heterocycles. The number of aromatic amines is 1. The van der Waals surface area contributed by atoms with Crippen LogP contribution in [0.25, 0.3) is 16.8 Å². The number of tetrazole rings is 1. The van der Waals surface area contributed by atoms with Crippen LogP contribution in [0.3, 0.4) is 0 Å². The number of rotatable bonds is 8. The van der Waals surface area contributed by atoms with E-state index >= 15 is 0 Å². The molecule has 1 atom stereocenters. The van der Waals surface area contributed by atoms with E-state index in [1.165, 1.54) is 41.7 Å². The Morgan fingerprint density at radius 3 is 2.81 bits per heavy atom. The van der Waals surface area contributed by atoms with Crippen molar-refractivity contribution in [2.45, 2.75) is 12.0 Å². The molecule has 1 aliphatic heterocycles. The molecule has 11 heteroatoms. The average Bonchev–Trinajstić information content (AvgIpc) is 3.55. The minimum Gasteiger partial charge on any atom is -0.323 e. The van der Waals surface area contributed by atoms with E-state index < -0.39 is 17.7 Å². The third-order valence-electron chi connectivity index (χ3n) is 4.70. The van der Waals surface area contributed by atoms with Crippen LogP contribution in [0.5, 0.6) is 0 Å². The summed E-state index contributed by atoms with van der Waals surface area (Å²) in [5.41, 5.74) is -0.359. The lowest BCUT2D eigenvalue weighted by Gasteiger charge is -2.19. The number of halogens is 2. The maximum atomic E-state index is 14.4. The van der Waals surface area contributed by atoms with Crippen molar-refractivity contribution >= 4 is 40.2 Å². The molecule has 0 saturated carbocycles. The molecular formula is C21H17F2N5O2S2. The number of thiophene rings is 1. The zero-order valence-corrected chi connectivity index (χ0v) is 18.2. The number of hydrogen-bond donors (Lipinski definition) is 1. The number of amides is 1. The number of allylic oxidation sites excluding steroid dienone is 1. The van der Waals surface area contributed by atoms with Gasteiger partial charge in [0.15, 0.2) is 0 Å². The van der Waals surface area contributed by atoms with E-state index in [0.717, 1.165) is 27.6 Å². The summed E-state index contributed by atoms with van der Waals surface area (Å²) in [6, 6.07) is 10.3. The number of thioether (sulfide) groups is 1. The Balaban J connectivity index is 1.39. The second kappa shape index (κ2) is 9.53. The SMILES string of the molecule is O=C1SCC(/C=C/C(=O)C(F)(F)c2ccccc2)N1C/C=C/c1ccc(-c2nn[nH]n2)s1. The number of H-pyrrole nitrogens is 1. The van der Waals surface area contributed by atoms with E-state index in [0.29, 0.717) is 18.1 Å². The van der Waals surface area contributed by atoms with Crippen molar-refractivity contribution in [3.8, 4) is 10.7 Å². The minimum absolute atomic E-state index is 0.162. The number of carbonyl (C=O) groups is 2. The number of alkyl halides is 2. The Bertz CT molecular complexity index is 1150. The van der Waals surface area contributed by atoms with E-state index in [-0.39, 0.29) is 10.8 Å².